The zero-order valence-corrected chi connectivity index (χ0v) is 8.90. The predicted octanol–water partition coefficient (Wildman–Crippen LogP) is 3.16. The molecule has 0 saturated heterocycles. The molecule has 0 radical (unpaired) electrons. The van der Waals surface area contributed by atoms with E-state index in [1.807, 2.05) is 0 Å². The van der Waals surface area contributed by atoms with Crippen LogP contribution < -0.4 is 0 Å². The molecule has 0 aromatic carbocycles. The van der Waals surface area contributed by atoms with E-state index in [0.29, 0.717) is 5.92 Å². The fraction of sp³-hybridized carbons (Fsp3) is 0.818. The van der Waals surface area contributed by atoms with Gasteiger partial charge in [-0.3, -0.25) is 0 Å². The fourth-order valence-corrected chi connectivity index (χ4v) is 1.75. The second-order valence-corrected chi connectivity index (χ2v) is 4.69. The maximum Gasteiger partial charge on any atom is 0.0684 e. The van der Waals surface area contributed by atoms with Gasteiger partial charge in [0.1, 0.15) is 0 Å². The minimum absolute atomic E-state index is 0.0547. The Labute approximate surface area is 75.8 Å². The molecule has 0 amide bonds. The van der Waals surface area contributed by atoms with E-state index in [1.54, 1.807) is 5.57 Å². The molecule has 0 unspecified atom stereocenters. The van der Waals surface area contributed by atoms with Gasteiger partial charge in [0.2, 0.25) is 0 Å². The molecule has 0 spiro atoms. The first kappa shape index (κ1) is 9.79. The predicted molar refractivity (Wildman–Crippen MR) is 52.2 cm³/mol. The largest absolute Gasteiger partial charge is 0.371 e. The smallest absolute Gasteiger partial charge is 0.0684 e. The molecule has 0 aliphatic carbocycles. The zero-order valence-electron chi connectivity index (χ0n) is 8.90. The lowest BCUT2D eigenvalue weighted by molar-refractivity contribution is -0.0166. The summed E-state index contributed by atoms with van der Waals surface area (Å²) in [7, 11) is 0. The molecule has 0 saturated carbocycles. The average Bonchev–Trinajstić information content (AvgIpc) is 1.94. The molecule has 0 atom stereocenters. The Hall–Kier alpha value is -0.300. The Morgan fingerprint density at radius 3 is 2.33 bits per heavy atom. The SMILES string of the molecule is CC1=C(C(C)C)CC(C)(C)OC1. The van der Waals surface area contributed by atoms with Crippen molar-refractivity contribution < 1.29 is 4.74 Å². The lowest BCUT2D eigenvalue weighted by Gasteiger charge is -2.34. The summed E-state index contributed by atoms with van der Waals surface area (Å²) in [5.74, 6) is 0.674. The Kier molecular flexibility index (Phi) is 2.62. The van der Waals surface area contributed by atoms with E-state index in [9.17, 15) is 0 Å². The van der Waals surface area contributed by atoms with Crippen molar-refractivity contribution in [2.45, 2.75) is 46.6 Å². The molecule has 1 nitrogen and oxygen atoms in total. The van der Waals surface area contributed by atoms with Crippen LogP contribution in [0.2, 0.25) is 0 Å². The topological polar surface area (TPSA) is 9.23 Å². The molecule has 70 valence electrons. The number of hydrogen-bond donors (Lipinski definition) is 0. The highest BCUT2D eigenvalue weighted by Gasteiger charge is 2.27. The van der Waals surface area contributed by atoms with Gasteiger partial charge in [-0.25, -0.2) is 0 Å². The Bertz CT molecular complexity index is 199. The lowest BCUT2D eigenvalue weighted by Crippen LogP contribution is -2.31. The third-order valence-electron chi connectivity index (χ3n) is 2.54. The Morgan fingerprint density at radius 1 is 1.33 bits per heavy atom. The van der Waals surface area contributed by atoms with Crippen LogP contribution in [0.15, 0.2) is 11.1 Å². The van der Waals surface area contributed by atoms with Crippen LogP contribution in [-0.2, 0) is 4.74 Å². The summed E-state index contributed by atoms with van der Waals surface area (Å²) in [6.45, 7) is 11.9. The maximum atomic E-state index is 5.70. The normalized spacial score (nSPS) is 23.5. The van der Waals surface area contributed by atoms with E-state index in [0.717, 1.165) is 13.0 Å². The van der Waals surface area contributed by atoms with E-state index in [2.05, 4.69) is 34.6 Å². The van der Waals surface area contributed by atoms with E-state index < -0.39 is 0 Å². The summed E-state index contributed by atoms with van der Waals surface area (Å²) in [6, 6.07) is 0. The van der Waals surface area contributed by atoms with Crippen molar-refractivity contribution >= 4 is 0 Å². The molecule has 0 N–H and O–H groups in total. The molecule has 0 bridgehead atoms. The van der Waals surface area contributed by atoms with Crippen molar-refractivity contribution in [1.82, 2.24) is 0 Å². The minimum atomic E-state index is 0.0547. The average molecular weight is 168 g/mol. The van der Waals surface area contributed by atoms with Gasteiger partial charge in [-0.15, -0.1) is 0 Å². The van der Waals surface area contributed by atoms with Crippen LogP contribution in [0.25, 0.3) is 0 Å². The van der Waals surface area contributed by atoms with Gasteiger partial charge < -0.3 is 4.74 Å². The highest BCUT2D eigenvalue weighted by atomic mass is 16.5. The van der Waals surface area contributed by atoms with Crippen molar-refractivity contribution in [2.75, 3.05) is 6.61 Å². The quantitative estimate of drug-likeness (QED) is 0.546. The highest BCUT2D eigenvalue weighted by Crippen LogP contribution is 2.32. The van der Waals surface area contributed by atoms with Crippen LogP contribution >= 0.6 is 0 Å². The van der Waals surface area contributed by atoms with Gasteiger partial charge in [-0.05, 0) is 38.7 Å². The highest BCUT2D eigenvalue weighted by molar-refractivity contribution is 5.19. The monoisotopic (exact) mass is 168 g/mol. The van der Waals surface area contributed by atoms with Crippen molar-refractivity contribution in [3.8, 4) is 0 Å². The van der Waals surface area contributed by atoms with Crippen LogP contribution in [0.3, 0.4) is 0 Å². The van der Waals surface area contributed by atoms with Gasteiger partial charge in [-0.2, -0.15) is 0 Å². The number of ether oxygens (including phenoxy) is 1. The maximum absolute atomic E-state index is 5.70. The number of rotatable bonds is 1. The molecule has 1 heteroatoms. The first-order chi connectivity index (χ1) is 5.42. The van der Waals surface area contributed by atoms with Gasteiger partial charge in [0, 0.05) is 0 Å². The summed E-state index contributed by atoms with van der Waals surface area (Å²) in [5.41, 5.74) is 3.08. The molecular weight excluding hydrogens is 148 g/mol. The summed E-state index contributed by atoms with van der Waals surface area (Å²) in [6.07, 6.45) is 1.09. The van der Waals surface area contributed by atoms with Gasteiger partial charge >= 0.3 is 0 Å². The van der Waals surface area contributed by atoms with E-state index >= 15 is 0 Å². The van der Waals surface area contributed by atoms with Crippen molar-refractivity contribution in [2.24, 2.45) is 5.92 Å². The van der Waals surface area contributed by atoms with Crippen molar-refractivity contribution in [3.05, 3.63) is 11.1 Å². The first-order valence-electron chi connectivity index (χ1n) is 4.75. The van der Waals surface area contributed by atoms with Crippen molar-refractivity contribution in [3.63, 3.8) is 0 Å². The Balaban J connectivity index is 2.81. The molecule has 12 heavy (non-hydrogen) atoms. The zero-order chi connectivity index (χ0) is 9.35. The van der Waals surface area contributed by atoms with Crippen LogP contribution in [0.4, 0.5) is 0 Å². The third-order valence-corrected chi connectivity index (χ3v) is 2.54. The second-order valence-electron chi connectivity index (χ2n) is 4.69. The summed E-state index contributed by atoms with van der Waals surface area (Å²) in [5, 5.41) is 0. The van der Waals surface area contributed by atoms with Gasteiger partial charge in [0.25, 0.3) is 0 Å². The van der Waals surface area contributed by atoms with Crippen LogP contribution in [-0.4, -0.2) is 12.2 Å². The minimum Gasteiger partial charge on any atom is -0.371 e. The summed E-state index contributed by atoms with van der Waals surface area (Å²) in [4.78, 5) is 0. The summed E-state index contributed by atoms with van der Waals surface area (Å²) >= 11 is 0. The molecule has 0 aromatic rings. The van der Waals surface area contributed by atoms with E-state index in [-0.39, 0.29) is 5.60 Å². The molecule has 1 heterocycles. The lowest BCUT2D eigenvalue weighted by atomic mass is 9.86. The standard InChI is InChI=1S/C11H20O/c1-8(2)10-6-11(4,5)12-7-9(10)3/h8H,6-7H2,1-5H3. The molecular formula is C11H20O. The third kappa shape index (κ3) is 2.10. The van der Waals surface area contributed by atoms with Crippen LogP contribution in [0.5, 0.6) is 0 Å². The van der Waals surface area contributed by atoms with Crippen LogP contribution in [0, 0.1) is 5.92 Å². The molecule has 1 aliphatic rings. The van der Waals surface area contributed by atoms with E-state index in [4.69, 9.17) is 4.74 Å². The van der Waals surface area contributed by atoms with Gasteiger partial charge in [0.15, 0.2) is 0 Å². The molecule has 0 aromatic heterocycles. The molecule has 0 fully saturated rings. The van der Waals surface area contributed by atoms with E-state index in [1.165, 1.54) is 5.57 Å². The first-order valence-corrected chi connectivity index (χ1v) is 4.75. The van der Waals surface area contributed by atoms with Crippen LogP contribution in [0.1, 0.15) is 41.0 Å². The fourth-order valence-electron chi connectivity index (χ4n) is 1.75. The molecule has 1 aliphatic heterocycles. The second kappa shape index (κ2) is 3.21. The van der Waals surface area contributed by atoms with Gasteiger partial charge in [-0.1, -0.05) is 19.4 Å². The summed E-state index contributed by atoms with van der Waals surface area (Å²) < 4.78 is 5.70. The molecule has 1 rings (SSSR count). The van der Waals surface area contributed by atoms with Gasteiger partial charge in [0.05, 0.1) is 12.2 Å². The van der Waals surface area contributed by atoms with Crippen molar-refractivity contribution in [1.29, 1.82) is 0 Å². The number of hydrogen-bond acceptors (Lipinski definition) is 1. The Morgan fingerprint density at radius 2 is 1.92 bits per heavy atom.